The third-order valence-corrected chi connectivity index (χ3v) is 5.76. The first-order chi connectivity index (χ1) is 9.44. The third-order valence-electron chi connectivity index (χ3n) is 4.04. The fourth-order valence-corrected chi connectivity index (χ4v) is 4.43. The summed E-state index contributed by atoms with van der Waals surface area (Å²) in [6.45, 7) is 2.58. The summed E-state index contributed by atoms with van der Waals surface area (Å²) in [5, 5.41) is 0. The number of aromatic amines is 1. The van der Waals surface area contributed by atoms with E-state index >= 15 is 0 Å². The lowest BCUT2D eigenvalue weighted by Crippen LogP contribution is -2.29. The predicted octanol–water partition coefficient (Wildman–Crippen LogP) is 1.46. The van der Waals surface area contributed by atoms with Crippen molar-refractivity contribution in [3.63, 3.8) is 0 Å². The largest absolute Gasteiger partial charge is 0.326 e. The SMILES string of the molecule is Cc1ccc2c(c1)[nH]c(=O)n2CC1CCS(=O)(=O)CC1. The normalized spacial score (nSPS) is 19.4. The second-order valence-electron chi connectivity index (χ2n) is 5.66. The predicted molar refractivity (Wildman–Crippen MR) is 78.7 cm³/mol. The minimum Gasteiger partial charge on any atom is -0.306 e. The summed E-state index contributed by atoms with van der Waals surface area (Å²) in [6.07, 6.45) is 1.29. The highest BCUT2D eigenvalue weighted by Crippen LogP contribution is 2.22. The topological polar surface area (TPSA) is 71.9 Å². The van der Waals surface area contributed by atoms with Gasteiger partial charge in [0.1, 0.15) is 9.84 Å². The second-order valence-corrected chi connectivity index (χ2v) is 7.96. The molecule has 0 amide bonds. The molecular weight excluding hydrogens is 276 g/mol. The van der Waals surface area contributed by atoms with Crippen molar-refractivity contribution in [2.24, 2.45) is 5.92 Å². The number of aromatic nitrogens is 2. The molecule has 0 saturated carbocycles. The van der Waals surface area contributed by atoms with E-state index in [0.717, 1.165) is 16.6 Å². The van der Waals surface area contributed by atoms with Crippen LogP contribution in [0.3, 0.4) is 0 Å². The molecule has 1 aromatic heterocycles. The summed E-state index contributed by atoms with van der Waals surface area (Å²) in [5.74, 6) is 0.749. The molecule has 1 aliphatic rings. The van der Waals surface area contributed by atoms with Crippen molar-refractivity contribution < 1.29 is 8.42 Å². The molecule has 2 heterocycles. The van der Waals surface area contributed by atoms with Crippen LogP contribution in [-0.4, -0.2) is 29.5 Å². The Morgan fingerprint density at radius 3 is 2.70 bits per heavy atom. The zero-order valence-corrected chi connectivity index (χ0v) is 12.2. The smallest absolute Gasteiger partial charge is 0.306 e. The van der Waals surface area contributed by atoms with Crippen LogP contribution in [-0.2, 0) is 16.4 Å². The van der Waals surface area contributed by atoms with Crippen LogP contribution in [0.15, 0.2) is 23.0 Å². The first-order valence-corrected chi connectivity index (χ1v) is 8.66. The van der Waals surface area contributed by atoms with Gasteiger partial charge in [-0.2, -0.15) is 0 Å². The van der Waals surface area contributed by atoms with Crippen molar-refractivity contribution in [1.29, 1.82) is 0 Å². The Hall–Kier alpha value is -1.56. The maximum atomic E-state index is 12.0. The van der Waals surface area contributed by atoms with Crippen LogP contribution in [0.4, 0.5) is 0 Å². The van der Waals surface area contributed by atoms with Gasteiger partial charge in [0.25, 0.3) is 0 Å². The van der Waals surface area contributed by atoms with E-state index in [4.69, 9.17) is 0 Å². The first kappa shape index (κ1) is 13.4. The maximum Gasteiger partial charge on any atom is 0.326 e. The summed E-state index contributed by atoms with van der Waals surface area (Å²) >= 11 is 0. The maximum absolute atomic E-state index is 12.0. The fourth-order valence-electron chi connectivity index (χ4n) is 2.84. The molecule has 0 aliphatic carbocycles. The van der Waals surface area contributed by atoms with E-state index in [1.807, 2.05) is 25.1 Å². The Bertz CT molecular complexity index is 787. The summed E-state index contributed by atoms with van der Waals surface area (Å²) in [4.78, 5) is 14.9. The van der Waals surface area contributed by atoms with Crippen LogP contribution in [0.2, 0.25) is 0 Å². The van der Waals surface area contributed by atoms with Gasteiger partial charge in [0.05, 0.1) is 22.5 Å². The molecule has 0 unspecified atom stereocenters. The summed E-state index contributed by atoms with van der Waals surface area (Å²) in [7, 11) is -2.85. The Balaban J connectivity index is 1.88. The van der Waals surface area contributed by atoms with E-state index in [2.05, 4.69) is 4.98 Å². The zero-order chi connectivity index (χ0) is 14.3. The van der Waals surface area contributed by atoms with E-state index in [-0.39, 0.29) is 23.1 Å². The molecule has 108 valence electrons. The molecule has 1 N–H and O–H groups in total. The van der Waals surface area contributed by atoms with E-state index in [0.29, 0.717) is 19.4 Å². The lowest BCUT2D eigenvalue weighted by molar-refractivity contribution is 0.404. The highest BCUT2D eigenvalue weighted by molar-refractivity contribution is 7.91. The molecule has 6 heteroatoms. The molecule has 1 fully saturated rings. The van der Waals surface area contributed by atoms with Gasteiger partial charge in [-0.3, -0.25) is 4.57 Å². The minimum absolute atomic E-state index is 0.112. The van der Waals surface area contributed by atoms with Crippen LogP contribution in [0.25, 0.3) is 11.0 Å². The van der Waals surface area contributed by atoms with Crippen LogP contribution in [0, 0.1) is 12.8 Å². The number of hydrogen-bond acceptors (Lipinski definition) is 3. The Morgan fingerprint density at radius 2 is 2.00 bits per heavy atom. The van der Waals surface area contributed by atoms with Crippen molar-refractivity contribution >= 4 is 20.9 Å². The summed E-state index contributed by atoms with van der Waals surface area (Å²) < 4.78 is 24.6. The van der Waals surface area contributed by atoms with E-state index in [1.54, 1.807) is 4.57 Å². The number of imidazole rings is 1. The summed E-state index contributed by atoms with van der Waals surface area (Å²) in [5.41, 5.74) is 2.74. The van der Waals surface area contributed by atoms with Crippen molar-refractivity contribution in [3.8, 4) is 0 Å². The number of nitrogens with zero attached hydrogens (tertiary/aromatic N) is 1. The van der Waals surface area contributed by atoms with E-state index in [1.165, 1.54) is 0 Å². The van der Waals surface area contributed by atoms with Gasteiger partial charge in [0.15, 0.2) is 0 Å². The van der Waals surface area contributed by atoms with Crippen LogP contribution < -0.4 is 5.69 Å². The third kappa shape index (κ3) is 2.52. The molecule has 0 spiro atoms. The molecular formula is C14H18N2O3S. The van der Waals surface area contributed by atoms with Crippen LogP contribution >= 0.6 is 0 Å². The van der Waals surface area contributed by atoms with Gasteiger partial charge in [-0.05, 0) is 43.4 Å². The number of nitrogens with one attached hydrogen (secondary N) is 1. The lowest BCUT2D eigenvalue weighted by Gasteiger charge is -2.22. The zero-order valence-electron chi connectivity index (χ0n) is 11.4. The van der Waals surface area contributed by atoms with Gasteiger partial charge in [-0.25, -0.2) is 13.2 Å². The van der Waals surface area contributed by atoms with Gasteiger partial charge in [0.2, 0.25) is 0 Å². The number of aryl methyl sites for hydroxylation is 1. The minimum atomic E-state index is -2.85. The molecule has 0 atom stereocenters. The van der Waals surface area contributed by atoms with Crippen LogP contribution in [0.1, 0.15) is 18.4 Å². The quantitative estimate of drug-likeness (QED) is 0.911. The van der Waals surface area contributed by atoms with Crippen molar-refractivity contribution in [3.05, 3.63) is 34.2 Å². The second kappa shape index (κ2) is 4.77. The number of sulfone groups is 1. The molecule has 20 heavy (non-hydrogen) atoms. The number of fused-ring (bicyclic) bond motifs is 1. The Labute approximate surface area is 117 Å². The molecule has 1 aromatic carbocycles. The molecule has 1 saturated heterocycles. The summed E-state index contributed by atoms with van der Waals surface area (Å²) in [6, 6.07) is 5.89. The monoisotopic (exact) mass is 294 g/mol. The standard InChI is InChI=1S/C14H18N2O3S/c1-10-2-3-13-12(8-10)15-14(17)16(13)9-11-4-6-20(18,19)7-5-11/h2-3,8,11H,4-7,9H2,1H3,(H,15,17). The number of H-pyrrole nitrogens is 1. The molecule has 3 rings (SSSR count). The van der Waals surface area contributed by atoms with E-state index < -0.39 is 9.84 Å². The molecule has 2 aromatic rings. The molecule has 0 radical (unpaired) electrons. The van der Waals surface area contributed by atoms with Crippen molar-refractivity contribution in [1.82, 2.24) is 9.55 Å². The fraction of sp³-hybridized carbons (Fsp3) is 0.500. The number of hydrogen-bond donors (Lipinski definition) is 1. The van der Waals surface area contributed by atoms with Crippen LogP contribution in [0.5, 0.6) is 0 Å². The van der Waals surface area contributed by atoms with Gasteiger partial charge >= 0.3 is 5.69 Å². The number of benzene rings is 1. The van der Waals surface area contributed by atoms with Gasteiger partial charge < -0.3 is 4.98 Å². The van der Waals surface area contributed by atoms with Gasteiger partial charge in [0, 0.05) is 6.54 Å². The van der Waals surface area contributed by atoms with Crippen molar-refractivity contribution in [2.75, 3.05) is 11.5 Å². The highest BCUT2D eigenvalue weighted by Gasteiger charge is 2.24. The average Bonchev–Trinajstić information content (AvgIpc) is 2.67. The van der Waals surface area contributed by atoms with Crippen molar-refractivity contribution in [2.45, 2.75) is 26.3 Å². The lowest BCUT2D eigenvalue weighted by atomic mass is 10.0. The Morgan fingerprint density at radius 1 is 1.30 bits per heavy atom. The first-order valence-electron chi connectivity index (χ1n) is 6.84. The highest BCUT2D eigenvalue weighted by atomic mass is 32.2. The molecule has 5 nitrogen and oxygen atoms in total. The van der Waals surface area contributed by atoms with Gasteiger partial charge in [-0.1, -0.05) is 6.07 Å². The van der Waals surface area contributed by atoms with Gasteiger partial charge in [-0.15, -0.1) is 0 Å². The number of rotatable bonds is 2. The molecule has 1 aliphatic heterocycles. The average molecular weight is 294 g/mol. The molecule has 0 bridgehead atoms. The Kier molecular flexibility index (Phi) is 3.20. The van der Waals surface area contributed by atoms with E-state index in [9.17, 15) is 13.2 Å².